The number of furan rings is 1. The number of fused-ring (bicyclic) bond motifs is 1. The zero-order valence-corrected chi connectivity index (χ0v) is 19.0. The highest BCUT2D eigenvalue weighted by atomic mass is 32.2. The number of amides is 1. The zero-order chi connectivity index (χ0) is 22.9. The minimum absolute atomic E-state index is 0.0150. The van der Waals surface area contributed by atoms with E-state index in [1.54, 1.807) is 12.1 Å². The Bertz CT molecular complexity index is 1240. The minimum Gasteiger partial charge on any atom is -0.443 e. The number of piperidine rings is 1. The van der Waals surface area contributed by atoms with Crippen LogP contribution in [0.15, 0.2) is 39.9 Å². The van der Waals surface area contributed by atoms with Gasteiger partial charge < -0.3 is 14.6 Å². The molecular formula is C22H27N5O4S. The fraction of sp³-hybridized carbons (Fsp3) is 0.409. The van der Waals surface area contributed by atoms with Crippen molar-refractivity contribution in [3.8, 4) is 0 Å². The minimum atomic E-state index is -3.70. The first-order valence-electron chi connectivity index (χ1n) is 10.6. The number of sulfonamides is 1. The van der Waals surface area contributed by atoms with Crippen molar-refractivity contribution >= 4 is 32.8 Å². The van der Waals surface area contributed by atoms with Crippen LogP contribution in [0.2, 0.25) is 0 Å². The molecule has 3 aromatic rings. The average molecular weight is 458 g/mol. The van der Waals surface area contributed by atoms with E-state index in [-0.39, 0.29) is 16.7 Å². The number of hydrogen-bond acceptors (Lipinski definition) is 7. The third-order valence-corrected chi connectivity index (χ3v) is 6.93. The van der Waals surface area contributed by atoms with E-state index in [2.05, 4.69) is 20.2 Å². The van der Waals surface area contributed by atoms with Gasteiger partial charge in [0.25, 0.3) is 0 Å². The molecule has 32 heavy (non-hydrogen) atoms. The molecule has 170 valence electrons. The van der Waals surface area contributed by atoms with Crippen LogP contribution in [0.25, 0.3) is 11.1 Å². The Labute approximate surface area is 187 Å². The largest absolute Gasteiger partial charge is 0.443 e. The Balaban J connectivity index is 1.37. The summed E-state index contributed by atoms with van der Waals surface area (Å²) in [5.74, 6) is 1.52. The van der Waals surface area contributed by atoms with Crippen LogP contribution in [-0.4, -0.2) is 43.9 Å². The molecule has 0 spiro atoms. The van der Waals surface area contributed by atoms with Crippen LogP contribution in [0.5, 0.6) is 0 Å². The fourth-order valence-corrected chi connectivity index (χ4v) is 4.62. The highest BCUT2D eigenvalue weighted by Crippen LogP contribution is 2.32. The summed E-state index contributed by atoms with van der Waals surface area (Å²) in [5, 5.41) is 9.04. The van der Waals surface area contributed by atoms with Gasteiger partial charge in [0, 0.05) is 25.2 Å². The molecule has 1 atom stereocenters. The number of carbonyl (C=O) groups excluding carboxylic acids is 1. The van der Waals surface area contributed by atoms with Gasteiger partial charge in [-0.3, -0.25) is 4.79 Å². The number of nitrogens with one attached hydrogen (secondary N) is 1. The molecule has 1 amide bonds. The number of aromatic nitrogens is 2. The maximum atomic E-state index is 12.8. The Hall–Kier alpha value is -2.98. The summed E-state index contributed by atoms with van der Waals surface area (Å²) >= 11 is 0. The quantitative estimate of drug-likeness (QED) is 0.579. The Kier molecular flexibility index (Phi) is 6.16. The Morgan fingerprint density at radius 2 is 2.00 bits per heavy atom. The molecule has 1 aliphatic heterocycles. The molecule has 9 nitrogen and oxygen atoms in total. The van der Waals surface area contributed by atoms with E-state index in [1.807, 2.05) is 13.8 Å². The number of carbonyl (C=O) groups is 1. The number of rotatable bonds is 6. The summed E-state index contributed by atoms with van der Waals surface area (Å²) in [5.41, 5.74) is 2.53. The molecule has 0 bridgehead atoms. The first-order valence-corrected chi connectivity index (χ1v) is 12.1. The van der Waals surface area contributed by atoms with E-state index in [9.17, 15) is 13.2 Å². The van der Waals surface area contributed by atoms with Gasteiger partial charge in [-0.1, -0.05) is 12.1 Å². The van der Waals surface area contributed by atoms with E-state index in [4.69, 9.17) is 9.56 Å². The summed E-state index contributed by atoms with van der Waals surface area (Å²) in [4.78, 5) is 23.8. The number of primary sulfonamides is 1. The molecule has 0 radical (unpaired) electrons. The van der Waals surface area contributed by atoms with Gasteiger partial charge in [-0.15, -0.1) is 0 Å². The highest BCUT2D eigenvalue weighted by molar-refractivity contribution is 7.89. The topological polar surface area (TPSA) is 131 Å². The van der Waals surface area contributed by atoms with E-state index < -0.39 is 10.0 Å². The van der Waals surface area contributed by atoms with Crippen LogP contribution in [0, 0.1) is 19.8 Å². The molecule has 1 saturated heterocycles. The van der Waals surface area contributed by atoms with Gasteiger partial charge in [0.05, 0.1) is 16.2 Å². The van der Waals surface area contributed by atoms with Gasteiger partial charge in [0.2, 0.25) is 21.6 Å². The molecule has 1 fully saturated rings. The van der Waals surface area contributed by atoms with E-state index in [1.165, 1.54) is 18.5 Å². The normalized spacial score (nSPS) is 17.0. The predicted octanol–water partition coefficient (Wildman–Crippen LogP) is 2.06. The second kappa shape index (κ2) is 8.87. The molecule has 1 unspecified atom stereocenters. The lowest BCUT2D eigenvalue weighted by Crippen LogP contribution is -2.43. The van der Waals surface area contributed by atoms with Crippen LogP contribution >= 0.6 is 0 Å². The number of anilines is 1. The number of aryl methyl sites for hydroxylation is 2. The molecule has 3 heterocycles. The first-order chi connectivity index (χ1) is 15.2. The molecule has 4 rings (SSSR count). The van der Waals surface area contributed by atoms with Crippen molar-refractivity contribution < 1.29 is 17.6 Å². The average Bonchev–Trinajstić information content (AvgIpc) is 3.07. The van der Waals surface area contributed by atoms with Crippen molar-refractivity contribution in [2.45, 2.75) is 38.0 Å². The first kappa shape index (κ1) is 22.2. The van der Waals surface area contributed by atoms with Crippen LogP contribution in [-0.2, 0) is 21.2 Å². The van der Waals surface area contributed by atoms with Crippen molar-refractivity contribution in [2.75, 3.05) is 24.5 Å². The molecule has 0 saturated carbocycles. The van der Waals surface area contributed by atoms with Crippen molar-refractivity contribution in [1.82, 2.24) is 15.3 Å². The molecule has 10 heteroatoms. The van der Waals surface area contributed by atoms with Gasteiger partial charge in [-0.25, -0.2) is 23.5 Å². The van der Waals surface area contributed by atoms with Crippen molar-refractivity contribution in [2.24, 2.45) is 11.1 Å². The second-order valence-corrected chi connectivity index (χ2v) is 9.74. The van der Waals surface area contributed by atoms with Crippen molar-refractivity contribution in [3.05, 3.63) is 47.5 Å². The van der Waals surface area contributed by atoms with Crippen molar-refractivity contribution in [1.29, 1.82) is 0 Å². The lowest BCUT2D eigenvalue weighted by molar-refractivity contribution is -0.125. The lowest BCUT2D eigenvalue weighted by atomic mass is 9.96. The van der Waals surface area contributed by atoms with E-state index in [0.29, 0.717) is 25.2 Å². The van der Waals surface area contributed by atoms with Crippen LogP contribution < -0.4 is 15.4 Å². The molecule has 2 aromatic heterocycles. The molecular weight excluding hydrogens is 430 g/mol. The van der Waals surface area contributed by atoms with Crippen molar-refractivity contribution in [3.63, 3.8) is 0 Å². The van der Waals surface area contributed by atoms with Gasteiger partial charge in [-0.05, 0) is 50.8 Å². The molecule has 1 aromatic carbocycles. The number of nitrogens with two attached hydrogens (primary N) is 1. The van der Waals surface area contributed by atoms with Gasteiger partial charge in [0.15, 0.2) is 0 Å². The number of hydrogen-bond donors (Lipinski definition) is 2. The highest BCUT2D eigenvalue weighted by Gasteiger charge is 2.28. The van der Waals surface area contributed by atoms with E-state index >= 15 is 0 Å². The SMILES string of the molecule is Cc1oc2ncnc(N3CCCC(C(=O)NCCc4ccc(S(N)(=O)=O)cc4)C3)c2c1C. The van der Waals surface area contributed by atoms with E-state index in [0.717, 1.165) is 47.5 Å². The maximum absolute atomic E-state index is 12.8. The van der Waals surface area contributed by atoms with Gasteiger partial charge in [0.1, 0.15) is 17.9 Å². The van der Waals surface area contributed by atoms with Gasteiger partial charge in [-0.2, -0.15) is 0 Å². The summed E-state index contributed by atoms with van der Waals surface area (Å²) < 4.78 is 28.4. The number of benzene rings is 1. The molecule has 0 aliphatic carbocycles. The number of nitrogens with zero attached hydrogens (tertiary/aromatic N) is 3. The summed E-state index contributed by atoms with van der Waals surface area (Å²) in [6.45, 7) is 5.80. The lowest BCUT2D eigenvalue weighted by Gasteiger charge is -2.33. The van der Waals surface area contributed by atoms with Gasteiger partial charge >= 0.3 is 0 Å². The van der Waals surface area contributed by atoms with Crippen LogP contribution in [0.1, 0.15) is 29.7 Å². The fourth-order valence-electron chi connectivity index (χ4n) is 4.11. The Morgan fingerprint density at radius 1 is 1.25 bits per heavy atom. The Morgan fingerprint density at radius 3 is 2.72 bits per heavy atom. The monoisotopic (exact) mass is 457 g/mol. The molecule has 3 N–H and O–H groups in total. The second-order valence-electron chi connectivity index (χ2n) is 8.18. The third kappa shape index (κ3) is 4.61. The standard InChI is InChI=1S/C22H27N5O4S/c1-14-15(2)31-22-19(14)20(25-13-26-22)27-11-3-4-17(12-27)21(28)24-10-9-16-5-7-18(8-6-16)32(23,29)30/h5-8,13,17H,3-4,9-12H2,1-2H3,(H,24,28)(H2,23,29,30). The third-order valence-electron chi connectivity index (χ3n) is 6.00. The predicted molar refractivity (Wildman–Crippen MR) is 121 cm³/mol. The van der Waals surface area contributed by atoms with Crippen LogP contribution in [0.4, 0.5) is 5.82 Å². The summed E-state index contributed by atoms with van der Waals surface area (Å²) in [6.07, 6.45) is 3.83. The summed E-state index contributed by atoms with van der Waals surface area (Å²) in [7, 11) is -3.70. The molecule has 1 aliphatic rings. The maximum Gasteiger partial charge on any atom is 0.238 e. The smallest absolute Gasteiger partial charge is 0.238 e. The zero-order valence-electron chi connectivity index (χ0n) is 18.2. The van der Waals surface area contributed by atoms with Crippen LogP contribution in [0.3, 0.4) is 0 Å². The summed E-state index contributed by atoms with van der Waals surface area (Å²) in [6, 6.07) is 6.38.